The molecule has 1 aliphatic heterocycles. The quantitative estimate of drug-likeness (QED) is 0.614. The number of likely N-dealkylation sites (tertiary alicyclic amines) is 1. The highest BCUT2D eigenvalue weighted by Crippen LogP contribution is 2.36. The number of alkyl halides is 6. The first kappa shape index (κ1) is 24.6. The van der Waals surface area contributed by atoms with Crippen LogP contribution in [0.4, 0.5) is 26.3 Å². The smallest absolute Gasteiger partial charge is 0.337 e. The van der Waals surface area contributed by atoms with Crippen molar-refractivity contribution in [3.8, 4) is 0 Å². The number of benzene rings is 1. The second-order valence-corrected chi connectivity index (χ2v) is 7.93. The van der Waals surface area contributed by atoms with Crippen LogP contribution in [0.5, 0.6) is 0 Å². The summed E-state index contributed by atoms with van der Waals surface area (Å²) in [6, 6.07) is 0.412. The van der Waals surface area contributed by atoms with Crippen LogP contribution >= 0.6 is 0 Å². The van der Waals surface area contributed by atoms with Gasteiger partial charge in [0.15, 0.2) is 0 Å². The molecule has 1 saturated heterocycles. The molecule has 0 aliphatic carbocycles. The normalized spacial score (nSPS) is 16.8. The van der Waals surface area contributed by atoms with Crippen LogP contribution < -0.4 is 0 Å². The molecule has 1 aromatic heterocycles. The van der Waals surface area contributed by atoms with Gasteiger partial charge in [-0.2, -0.15) is 26.3 Å². The molecule has 2 aromatic rings. The van der Waals surface area contributed by atoms with E-state index in [1.54, 1.807) is 17.8 Å². The second-order valence-electron chi connectivity index (χ2n) is 7.93. The first-order chi connectivity index (χ1) is 15.3. The Labute approximate surface area is 185 Å². The number of carbonyl (C=O) groups is 2. The predicted molar refractivity (Wildman–Crippen MR) is 104 cm³/mol. The molecule has 12 heteroatoms. The van der Waals surface area contributed by atoms with Crippen molar-refractivity contribution < 1.29 is 35.9 Å². The third-order valence-electron chi connectivity index (χ3n) is 5.53. The highest BCUT2D eigenvalue weighted by atomic mass is 19.4. The van der Waals surface area contributed by atoms with Crippen molar-refractivity contribution in [3.05, 3.63) is 53.1 Å². The maximum atomic E-state index is 13.3. The van der Waals surface area contributed by atoms with E-state index in [1.165, 1.54) is 18.0 Å². The van der Waals surface area contributed by atoms with Crippen LogP contribution in [-0.2, 0) is 42.1 Å². The minimum absolute atomic E-state index is 0.0445. The molecule has 1 fully saturated rings. The highest BCUT2D eigenvalue weighted by Gasteiger charge is 2.38. The van der Waals surface area contributed by atoms with E-state index in [2.05, 4.69) is 4.98 Å². The lowest BCUT2D eigenvalue weighted by Crippen LogP contribution is -2.47. The highest BCUT2D eigenvalue weighted by molar-refractivity contribution is 5.87. The van der Waals surface area contributed by atoms with E-state index in [-0.39, 0.29) is 24.1 Å². The molecule has 3 rings (SSSR count). The van der Waals surface area contributed by atoms with Gasteiger partial charge in [-0.1, -0.05) is 0 Å². The average Bonchev–Trinajstić information content (AvgIpc) is 3.35. The number of nitrogens with zero attached hydrogens (tertiary/aromatic N) is 4. The fourth-order valence-electron chi connectivity index (χ4n) is 3.87. The molecule has 2 amide bonds. The molecule has 0 spiro atoms. The van der Waals surface area contributed by atoms with Gasteiger partial charge in [0.1, 0.15) is 11.9 Å². The van der Waals surface area contributed by atoms with Crippen LogP contribution in [0.1, 0.15) is 42.3 Å². The Hall–Kier alpha value is -3.05. The standard InChI is InChI=1S/C21H22F6N4O2/c1-13(32)31-6-3-4-17(31)19(33)30(12-18-28-5-7-29(18)2)11-14-8-15(20(22,23)24)10-16(9-14)21(25,26)27/h5,7-10,17H,3-4,6,11-12H2,1-2H3. The van der Waals surface area contributed by atoms with Crippen molar-refractivity contribution in [2.45, 2.75) is 51.2 Å². The third-order valence-corrected chi connectivity index (χ3v) is 5.53. The van der Waals surface area contributed by atoms with Crippen molar-refractivity contribution >= 4 is 11.8 Å². The Morgan fingerprint density at radius 2 is 1.67 bits per heavy atom. The van der Waals surface area contributed by atoms with E-state index in [1.807, 2.05) is 0 Å². The summed E-state index contributed by atoms with van der Waals surface area (Å²) in [5.41, 5.74) is -3.24. The van der Waals surface area contributed by atoms with Crippen molar-refractivity contribution in [3.63, 3.8) is 0 Å². The number of halogens is 6. The molecule has 1 aromatic carbocycles. The first-order valence-corrected chi connectivity index (χ1v) is 10.1. The van der Waals surface area contributed by atoms with Crippen LogP contribution in [0.25, 0.3) is 0 Å². The first-order valence-electron chi connectivity index (χ1n) is 10.1. The zero-order chi connectivity index (χ0) is 24.6. The number of imidazole rings is 1. The van der Waals surface area contributed by atoms with Crippen molar-refractivity contribution in [2.24, 2.45) is 7.05 Å². The van der Waals surface area contributed by atoms with Crippen LogP contribution in [0.15, 0.2) is 30.6 Å². The Morgan fingerprint density at radius 1 is 1.06 bits per heavy atom. The molecule has 1 unspecified atom stereocenters. The zero-order valence-electron chi connectivity index (χ0n) is 17.9. The summed E-state index contributed by atoms with van der Waals surface area (Å²) in [5, 5.41) is 0. The fourth-order valence-corrected chi connectivity index (χ4v) is 3.87. The third kappa shape index (κ3) is 5.66. The molecule has 2 heterocycles. The van der Waals surface area contributed by atoms with E-state index in [9.17, 15) is 35.9 Å². The Kier molecular flexibility index (Phi) is 6.75. The summed E-state index contributed by atoms with van der Waals surface area (Å²) in [6.45, 7) is 0.990. The number of hydrogen-bond donors (Lipinski definition) is 0. The van der Waals surface area contributed by atoms with E-state index < -0.39 is 42.0 Å². The van der Waals surface area contributed by atoms with E-state index in [0.29, 0.717) is 37.3 Å². The summed E-state index contributed by atoms with van der Waals surface area (Å²) in [4.78, 5) is 31.8. The number of hydrogen-bond acceptors (Lipinski definition) is 3. The second kappa shape index (κ2) is 9.06. The van der Waals surface area contributed by atoms with Crippen LogP contribution in [0.3, 0.4) is 0 Å². The zero-order valence-corrected chi connectivity index (χ0v) is 17.9. The predicted octanol–water partition coefficient (Wildman–Crippen LogP) is 4.00. The lowest BCUT2D eigenvalue weighted by molar-refractivity contribution is -0.144. The van der Waals surface area contributed by atoms with Gasteiger partial charge in [-0.3, -0.25) is 9.59 Å². The van der Waals surface area contributed by atoms with Crippen molar-refractivity contribution in [1.29, 1.82) is 0 Å². The van der Waals surface area contributed by atoms with Gasteiger partial charge in [0.25, 0.3) is 0 Å². The maximum Gasteiger partial charge on any atom is 0.416 e. The minimum Gasteiger partial charge on any atom is -0.337 e. The summed E-state index contributed by atoms with van der Waals surface area (Å²) in [5.74, 6) is -0.503. The van der Waals surface area contributed by atoms with Crippen LogP contribution in [-0.4, -0.2) is 43.8 Å². The number of amides is 2. The van der Waals surface area contributed by atoms with E-state index in [0.717, 1.165) is 4.90 Å². The molecular formula is C21H22F6N4O2. The SMILES string of the molecule is CC(=O)N1CCCC1C(=O)N(Cc1cc(C(F)(F)F)cc(C(F)(F)F)c1)Cc1nccn1C. The average molecular weight is 476 g/mol. The van der Waals surface area contributed by atoms with Gasteiger partial charge in [0, 0.05) is 39.5 Å². The van der Waals surface area contributed by atoms with Gasteiger partial charge in [-0.25, -0.2) is 4.98 Å². The fraction of sp³-hybridized carbons (Fsp3) is 0.476. The van der Waals surface area contributed by atoms with Gasteiger partial charge in [0.05, 0.1) is 17.7 Å². The summed E-state index contributed by atoms with van der Waals surface area (Å²) < 4.78 is 81.2. The number of aryl methyl sites for hydroxylation is 1. The summed E-state index contributed by atoms with van der Waals surface area (Å²) in [6.07, 6.45) is -6.02. The number of aromatic nitrogens is 2. The molecule has 0 N–H and O–H groups in total. The molecule has 1 aliphatic rings. The molecule has 0 saturated carbocycles. The molecule has 1 atom stereocenters. The molecule has 0 radical (unpaired) electrons. The minimum atomic E-state index is -5.00. The van der Waals surface area contributed by atoms with Gasteiger partial charge in [-0.15, -0.1) is 0 Å². The van der Waals surface area contributed by atoms with Gasteiger partial charge in [0.2, 0.25) is 11.8 Å². The molecule has 0 bridgehead atoms. The molecule has 180 valence electrons. The van der Waals surface area contributed by atoms with E-state index in [4.69, 9.17) is 0 Å². The summed E-state index contributed by atoms with van der Waals surface area (Å²) in [7, 11) is 1.65. The number of carbonyl (C=O) groups excluding carboxylic acids is 2. The molecular weight excluding hydrogens is 454 g/mol. The van der Waals surface area contributed by atoms with Crippen LogP contribution in [0.2, 0.25) is 0 Å². The Bertz CT molecular complexity index is 998. The number of rotatable bonds is 5. The topological polar surface area (TPSA) is 58.4 Å². The largest absolute Gasteiger partial charge is 0.416 e. The van der Waals surface area contributed by atoms with Gasteiger partial charge >= 0.3 is 12.4 Å². The summed E-state index contributed by atoms with van der Waals surface area (Å²) >= 11 is 0. The molecule has 6 nitrogen and oxygen atoms in total. The van der Waals surface area contributed by atoms with Crippen LogP contribution in [0, 0.1) is 0 Å². The molecule has 33 heavy (non-hydrogen) atoms. The van der Waals surface area contributed by atoms with Crippen molar-refractivity contribution in [2.75, 3.05) is 6.54 Å². The van der Waals surface area contributed by atoms with Gasteiger partial charge < -0.3 is 14.4 Å². The maximum absolute atomic E-state index is 13.3. The van der Waals surface area contributed by atoms with E-state index >= 15 is 0 Å². The lowest BCUT2D eigenvalue weighted by Gasteiger charge is -2.30. The Morgan fingerprint density at radius 3 is 2.15 bits per heavy atom. The Balaban J connectivity index is 2.00. The lowest BCUT2D eigenvalue weighted by atomic mass is 10.0. The monoisotopic (exact) mass is 476 g/mol. The van der Waals surface area contributed by atoms with Crippen molar-refractivity contribution in [1.82, 2.24) is 19.4 Å². The van der Waals surface area contributed by atoms with Gasteiger partial charge in [-0.05, 0) is 36.6 Å².